The Morgan fingerprint density at radius 2 is 1.62 bits per heavy atom. The van der Waals surface area contributed by atoms with E-state index in [2.05, 4.69) is 6.58 Å². The Bertz CT molecular complexity index is 534. The van der Waals surface area contributed by atoms with Crippen molar-refractivity contribution in [3.05, 3.63) is 60.5 Å². The summed E-state index contributed by atoms with van der Waals surface area (Å²) in [4.78, 5) is 22.2. The van der Waals surface area contributed by atoms with Gasteiger partial charge in [0.2, 0.25) is 0 Å². The molecule has 5 heteroatoms. The zero-order valence-corrected chi connectivity index (χ0v) is 11.4. The molecule has 0 aliphatic carbocycles. The van der Waals surface area contributed by atoms with Gasteiger partial charge in [-0.15, -0.1) is 6.58 Å². The fourth-order valence-corrected chi connectivity index (χ4v) is 1.82. The number of halogens is 1. The molecule has 1 aromatic carbocycles. The second kappa shape index (κ2) is 7.99. The molecule has 0 bridgehead atoms. The SMILES string of the molecule is C=CCC(C=CC(Cc1ccc(F)cc1)C(=O)O)C(=O)O. The topological polar surface area (TPSA) is 74.6 Å². The summed E-state index contributed by atoms with van der Waals surface area (Å²) in [6.45, 7) is 3.47. The summed E-state index contributed by atoms with van der Waals surface area (Å²) >= 11 is 0. The van der Waals surface area contributed by atoms with Crippen LogP contribution in [0.2, 0.25) is 0 Å². The van der Waals surface area contributed by atoms with Crippen molar-refractivity contribution in [2.24, 2.45) is 11.8 Å². The average Bonchev–Trinajstić information content (AvgIpc) is 2.43. The van der Waals surface area contributed by atoms with Crippen LogP contribution in [0.3, 0.4) is 0 Å². The first-order chi connectivity index (χ1) is 9.93. The molecule has 0 radical (unpaired) electrons. The van der Waals surface area contributed by atoms with E-state index in [0.29, 0.717) is 5.56 Å². The number of hydrogen-bond acceptors (Lipinski definition) is 2. The second-order valence-electron chi connectivity index (χ2n) is 4.63. The van der Waals surface area contributed by atoms with E-state index in [0.717, 1.165) is 0 Å². The van der Waals surface area contributed by atoms with E-state index < -0.39 is 29.6 Å². The quantitative estimate of drug-likeness (QED) is 0.722. The van der Waals surface area contributed by atoms with Crippen LogP contribution in [0.25, 0.3) is 0 Å². The van der Waals surface area contributed by atoms with E-state index in [1.165, 1.54) is 42.5 Å². The summed E-state index contributed by atoms with van der Waals surface area (Å²) in [5.74, 6) is -4.13. The largest absolute Gasteiger partial charge is 0.481 e. The van der Waals surface area contributed by atoms with Gasteiger partial charge in [-0.25, -0.2) is 4.39 Å². The van der Waals surface area contributed by atoms with Crippen LogP contribution in [0.1, 0.15) is 12.0 Å². The van der Waals surface area contributed by atoms with Crippen LogP contribution in [0.4, 0.5) is 4.39 Å². The molecule has 0 fully saturated rings. The Balaban J connectivity index is 2.81. The molecule has 112 valence electrons. The average molecular weight is 292 g/mol. The molecule has 2 atom stereocenters. The lowest BCUT2D eigenvalue weighted by molar-refractivity contribution is -0.141. The van der Waals surface area contributed by atoms with Crippen LogP contribution < -0.4 is 0 Å². The number of carboxylic acids is 2. The first-order valence-corrected chi connectivity index (χ1v) is 6.43. The van der Waals surface area contributed by atoms with Crippen LogP contribution in [-0.4, -0.2) is 22.2 Å². The molecular formula is C16H17FO4. The molecule has 0 spiro atoms. The molecule has 4 nitrogen and oxygen atoms in total. The van der Waals surface area contributed by atoms with E-state index in [1.54, 1.807) is 0 Å². The lowest BCUT2D eigenvalue weighted by atomic mass is 9.96. The van der Waals surface area contributed by atoms with Gasteiger partial charge >= 0.3 is 11.9 Å². The first kappa shape index (κ1) is 16.6. The lowest BCUT2D eigenvalue weighted by Gasteiger charge is -2.09. The van der Waals surface area contributed by atoms with Crippen molar-refractivity contribution in [2.45, 2.75) is 12.8 Å². The molecule has 21 heavy (non-hydrogen) atoms. The third kappa shape index (κ3) is 5.60. The van der Waals surface area contributed by atoms with Crippen LogP contribution in [0.15, 0.2) is 49.1 Å². The fourth-order valence-electron chi connectivity index (χ4n) is 1.82. The van der Waals surface area contributed by atoms with Gasteiger partial charge in [0.05, 0.1) is 11.8 Å². The van der Waals surface area contributed by atoms with Crippen molar-refractivity contribution in [1.82, 2.24) is 0 Å². The summed E-state index contributed by atoms with van der Waals surface area (Å²) in [6.07, 6.45) is 4.61. The molecule has 1 aromatic rings. The van der Waals surface area contributed by atoms with Gasteiger partial charge in [-0.3, -0.25) is 9.59 Å². The van der Waals surface area contributed by atoms with Crippen LogP contribution in [-0.2, 0) is 16.0 Å². The summed E-state index contributed by atoms with van der Waals surface area (Å²) in [6, 6.07) is 5.54. The number of rotatable bonds is 8. The first-order valence-electron chi connectivity index (χ1n) is 6.43. The van der Waals surface area contributed by atoms with Crippen molar-refractivity contribution < 1.29 is 24.2 Å². The van der Waals surface area contributed by atoms with E-state index >= 15 is 0 Å². The van der Waals surface area contributed by atoms with E-state index in [4.69, 9.17) is 5.11 Å². The third-order valence-corrected chi connectivity index (χ3v) is 3.00. The van der Waals surface area contributed by atoms with Crippen molar-refractivity contribution in [2.75, 3.05) is 0 Å². The van der Waals surface area contributed by atoms with Crippen molar-refractivity contribution in [3.8, 4) is 0 Å². The molecule has 0 aliphatic rings. The molecule has 0 heterocycles. The lowest BCUT2D eigenvalue weighted by Crippen LogP contribution is -2.16. The molecule has 0 saturated carbocycles. The van der Waals surface area contributed by atoms with E-state index in [1.807, 2.05) is 0 Å². The van der Waals surface area contributed by atoms with Gasteiger partial charge in [0, 0.05) is 0 Å². The van der Waals surface area contributed by atoms with Gasteiger partial charge in [-0.05, 0) is 30.5 Å². The smallest absolute Gasteiger partial charge is 0.310 e. The molecule has 0 saturated heterocycles. The number of carboxylic acid groups (broad SMARTS) is 2. The minimum atomic E-state index is -1.06. The highest BCUT2D eigenvalue weighted by atomic mass is 19.1. The molecule has 0 aromatic heterocycles. The van der Waals surface area contributed by atoms with E-state index in [9.17, 15) is 19.1 Å². The van der Waals surface area contributed by atoms with Gasteiger partial charge in [0.1, 0.15) is 5.82 Å². The zero-order valence-electron chi connectivity index (χ0n) is 11.4. The van der Waals surface area contributed by atoms with Gasteiger partial charge in [-0.2, -0.15) is 0 Å². The third-order valence-electron chi connectivity index (χ3n) is 3.00. The molecular weight excluding hydrogens is 275 g/mol. The highest BCUT2D eigenvalue weighted by Gasteiger charge is 2.17. The fraction of sp³-hybridized carbons (Fsp3) is 0.250. The summed E-state index contributed by atoms with van der Waals surface area (Å²) < 4.78 is 12.8. The molecule has 2 unspecified atom stereocenters. The Morgan fingerprint density at radius 1 is 1.10 bits per heavy atom. The number of aliphatic carboxylic acids is 2. The van der Waals surface area contributed by atoms with Crippen LogP contribution in [0.5, 0.6) is 0 Å². The molecule has 0 aliphatic heterocycles. The van der Waals surface area contributed by atoms with E-state index in [-0.39, 0.29) is 12.8 Å². The predicted molar refractivity (Wildman–Crippen MR) is 76.3 cm³/mol. The van der Waals surface area contributed by atoms with Crippen molar-refractivity contribution in [1.29, 1.82) is 0 Å². The Labute approximate surface area is 122 Å². The van der Waals surface area contributed by atoms with Gasteiger partial charge in [0.15, 0.2) is 0 Å². The minimum absolute atomic E-state index is 0.173. The summed E-state index contributed by atoms with van der Waals surface area (Å²) in [5.41, 5.74) is 0.670. The van der Waals surface area contributed by atoms with Gasteiger partial charge in [-0.1, -0.05) is 30.4 Å². The molecule has 1 rings (SSSR count). The van der Waals surface area contributed by atoms with Crippen LogP contribution in [0, 0.1) is 17.7 Å². The predicted octanol–water partition coefficient (Wildman–Crippen LogP) is 2.90. The highest BCUT2D eigenvalue weighted by molar-refractivity contribution is 5.74. The monoisotopic (exact) mass is 292 g/mol. The molecule has 2 N–H and O–H groups in total. The zero-order chi connectivity index (χ0) is 15.8. The second-order valence-corrected chi connectivity index (χ2v) is 4.63. The van der Waals surface area contributed by atoms with Crippen molar-refractivity contribution >= 4 is 11.9 Å². The van der Waals surface area contributed by atoms with Gasteiger partial charge < -0.3 is 10.2 Å². The highest BCUT2D eigenvalue weighted by Crippen LogP contribution is 2.14. The summed E-state index contributed by atoms with van der Waals surface area (Å²) in [7, 11) is 0. The Hall–Kier alpha value is -2.43. The van der Waals surface area contributed by atoms with Crippen LogP contribution >= 0.6 is 0 Å². The standard InChI is InChI=1S/C16H17FO4/c1-2-3-12(15(18)19)6-7-13(16(20)21)10-11-4-8-14(17)9-5-11/h2,4-9,12-13H,1,3,10H2,(H,18,19)(H,20,21). The minimum Gasteiger partial charge on any atom is -0.481 e. The number of hydrogen-bond donors (Lipinski definition) is 2. The molecule has 0 amide bonds. The number of allylic oxidation sites excluding steroid dienone is 1. The maximum atomic E-state index is 12.8. The number of benzene rings is 1. The summed E-state index contributed by atoms with van der Waals surface area (Å²) in [5, 5.41) is 18.2. The number of carbonyl (C=O) groups is 2. The normalized spacial score (nSPS) is 13.8. The maximum Gasteiger partial charge on any atom is 0.310 e. The Morgan fingerprint density at radius 3 is 2.10 bits per heavy atom. The maximum absolute atomic E-state index is 12.8. The van der Waals surface area contributed by atoms with Gasteiger partial charge in [0.25, 0.3) is 0 Å². The Kier molecular flexibility index (Phi) is 6.33. The van der Waals surface area contributed by atoms with Crippen molar-refractivity contribution in [3.63, 3.8) is 0 Å².